The predicted molar refractivity (Wildman–Crippen MR) is 101 cm³/mol. The van der Waals surface area contributed by atoms with Crippen LogP contribution in [0.2, 0.25) is 5.02 Å². The van der Waals surface area contributed by atoms with E-state index in [4.69, 9.17) is 28.2 Å². The summed E-state index contributed by atoms with van der Waals surface area (Å²) in [5, 5.41) is 17.6. The van der Waals surface area contributed by atoms with E-state index in [9.17, 15) is 14.9 Å². The molecule has 9 heteroatoms. The third kappa shape index (κ3) is 3.33. The standard InChI is InChI=1S/C17H14ClN3O4S/c1-8-15(9(2)22)16(20-17(26)19-8)14-6-5-13(25-14)11-7-10(21(23)24)3-4-12(11)18/h3-7,16H,1-2H3,(H2,19,20,26)/t16-/m1/s1. The molecule has 0 aliphatic carbocycles. The van der Waals surface area contributed by atoms with Gasteiger partial charge in [-0.05, 0) is 44.3 Å². The number of ketones is 1. The van der Waals surface area contributed by atoms with Crippen LogP contribution >= 0.6 is 23.8 Å². The zero-order valence-electron chi connectivity index (χ0n) is 13.8. The van der Waals surface area contributed by atoms with E-state index >= 15 is 0 Å². The summed E-state index contributed by atoms with van der Waals surface area (Å²) < 4.78 is 5.86. The van der Waals surface area contributed by atoms with Gasteiger partial charge in [-0.2, -0.15) is 0 Å². The summed E-state index contributed by atoms with van der Waals surface area (Å²) in [6.45, 7) is 3.23. The minimum atomic E-state index is -0.549. The molecule has 2 heterocycles. The van der Waals surface area contributed by atoms with Crippen molar-refractivity contribution >= 4 is 40.4 Å². The van der Waals surface area contributed by atoms with Crippen LogP contribution < -0.4 is 10.6 Å². The second kappa shape index (κ2) is 6.89. The van der Waals surface area contributed by atoms with Gasteiger partial charge < -0.3 is 15.1 Å². The Balaban J connectivity index is 2.04. The lowest BCUT2D eigenvalue weighted by atomic mass is 9.98. The van der Waals surface area contributed by atoms with E-state index in [0.29, 0.717) is 38.5 Å². The number of rotatable bonds is 4. The van der Waals surface area contributed by atoms with Gasteiger partial charge in [0.2, 0.25) is 0 Å². The number of Topliss-reactive ketones (excluding diaryl/α,β-unsaturated/α-hetero) is 1. The van der Waals surface area contributed by atoms with Gasteiger partial charge in [0, 0.05) is 29.0 Å². The first-order valence-electron chi connectivity index (χ1n) is 7.61. The second-order valence-corrected chi connectivity index (χ2v) is 6.57. The van der Waals surface area contributed by atoms with Crippen molar-refractivity contribution in [2.45, 2.75) is 19.9 Å². The lowest BCUT2D eigenvalue weighted by Gasteiger charge is -2.28. The Morgan fingerprint density at radius 3 is 2.73 bits per heavy atom. The molecule has 0 radical (unpaired) electrons. The van der Waals surface area contributed by atoms with Gasteiger partial charge in [0.15, 0.2) is 10.9 Å². The van der Waals surface area contributed by atoms with Crippen molar-refractivity contribution in [1.82, 2.24) is 10.6 Å². The van der Waals surface area contributed by atoms with Gasteiger partial charge in [0.05, 0.1) is 9.95 Å². The van der Waals surface area contributed by atoms with Gasteiger partial charge in [0.25, 0.3) is 5.69 Å². The summed E-state index contributed by atoms with van der Waals surface area (Å²) in [6.07, 6.45) is 0. The molecule has 2 N–H and O–H groups in total. The lowest BCUT2D eigenvalue weighted by molar-refractivity contribution is -0.384. The Labute approximate surface area is 159 Å². The van der Waals surface area contributed by atoms with E-state index in [0.717, 1.165) is 0 Å². The number of nitro benzene ring substituents is 1. The third-order valence-electron chi connectivity index (χ3n) is 3.99. The van der Waals surface area contributed by atoms with E-state index in [1.54, 1.807) is 19.1 Å². The molecule has 7 nitrogen and oxygen atoms in total. The predicted octanol–water partition coefficient (Wildman–Crippen LogP) is 3.89. The van der Waals surface area contributed by atoms with Crippen LogP contribution in [0.25, 0.3) is 11.3 Å². The van der Waals surface area contributed by atoms with Crippen LogP contribution in [0.15, 0.2) is 46.0 Å². The van der Waals surface area contributed by atoms with Gasteiger partial charge in [0.1, 0.15) is 17.6 Å². The molecule has 0 unspecified atom stereocenters. The zero-order chi connectivity index (χ0) is 19.0. The number of allylic oxidation sites excluding steroid dienone is 1. The zero-order valence-corrected chi connectivity index (χ0v) is 15.4. The average Bonchev–Trinajstić information content (AvgIpc) is 3.03. The molecular formula is C17H14ClN3O4S. The highest BCUT2D eigenvalue weighted by atomic mass is 35.5. The summed E-state index contributed by atoms with van der Waals surface area (Å²) >= 11 is 11.3. The van der Waals surface area contributed by atoms with Crippen LogP contribution in [0.1, 0.15) is 25.6 Å². The first-order chi connectivity index (χ1) is 12.3. The molecule has 0 saturated carbocycles. The maximum Gasteiger partial charge on any atom is 0.270 e. The average molecular weight is 392 g/mol. The number of carbonyl (C=O) groups is 1. The SMILES string of the molecule is CC(=O)C1=C(C)NC(=S)N[C@@H]1c1ccc(-c2cc([N+](=O)[O-])ccc2Cl)o1. The number of benzene rings is 1. The number of halogens is 1. The van der Waals surface area contributed by atoms with Crippen molar-refractivity contribution in [2.24, 2.45) is 0 Å². The minimum absolute atomic E-state index is 0.0938. The largest absolute Gasteiger partial charge is 0.458 e. The maximum absolute atomic E-state index is 12.0. The van der Waals surface area contributed by atoms with Crippen LogP contribution in [0.4, 0.5) is 5.69 Å². The second-order valence-electron chi connectivity index (χ2n) is 5.75. The number of thiocarbonyl (C=S) groups is 1. The summed E-state index contributed by atoms with van der Waals surface area (Å²) in [5.41, 5.74) is 1.46. The van der Waals surface area contributed by atoms with E-state index < -0.39 is 11.0 Å². The summed E-state index contributed by atoms with van der Waals surface area (Å²) in [6, 6.07) is 6.90. The van der Waals surface area contributed by atoms with Gasteiger partial charge in [-0.25, -0.2) is 0 Å². The lowest BCUT2D eigenvalue weighted by Crippen LogP contribution is -2.44. The molecule has 1 aromatic heterocycles. The number of nitrogens with zero attached hydrogens (tertiary/aromatic N) is 1. The topological polar surface area (TPSA) is 97.4 Å². The molecule has 0 amide bonds. The molecule has 1 aromatic carbocycles. The van der Waals surface area contributed by atoms with Crippen molar-refractivity contribution in [3.63, 3.8) is 0 Å². The van der Waals surface area contributed by atoms with E-state index in [1.165, 1.54) is 25.1 Å². The van der Waals surface area contributed by atoms with Crippen LogP contribution in [0.5, 0.6) is 0 Å². The molecule has 0 bridgehead atoms. The van der Waals surface area contributed by atoms with Gasteiger partial charge in [-0.3, -0.25) is 14.9 Å². The fourth-order valence-corrected chi connectivity index (χ4v) is 3.32. The highest BCUT2D eigenvalue weighted by Gasteiger charge is 2.30. The van der Waals surface area contributed by atoms with Crippen LogP contribution in [0, 0.1) is 10.1 Å². The molecule has 1 atom stereocenters. The molecule has 1 aliphatic heterocycles. The van der Waals surface area contributed by atoms with E-state index in [1.807, 2.05) is 0 Å². The number of hydrogen-bond donors (Lipinski definition) is 2. The first kappa shape index (κ1) is 18.1. The number of nitro groups is 1. The molecule has 2 aromatic rings. The summed E-state index contributed by atoms with van der Waals surface area (Å²) in [4.78, 5) is 22.5. The fourth-order valence-electron chi connectivity index (χ4n) is 2.84. The van der Waals surface area contributed by atoms with Crippen LogP contribution in [-0.4, -0.2) is 15.8 Å². The molecule has 26 heavy (non-hydrogen) atoms. The smallest absolute Gasteiger partial charge is 0.270 e. The Bertz CT molecular complexity index is 967. The summed E-state index contributed by atoms with van der Waals surface area (Å²) in [7, 11) is 0. The van der Waals surface area contributed by atoms with Crippen molar-refractivity contribution in [2.75, 3.05) is 0 Å². The molecule has 0 spiro atoms. The fraction of sp³-hybridized carbons (Fsp3) is 0.176. The van der Waals surface area contributed by atoms with E-state index in [2.05, 4.69) is 10.6 Å². The van der Waals surface area contributed by atoms with Crippen molar-refractivity contribution in [3.8, 4) is 11.3 Å². The third-order valence-corrected chi connectivity index (χ3v) is 4.54. The van der Waals surface area contributed by atoms with Gasteiger partial charge in [-0.1, -0.05) is 11.6 Å². The Morgan fingerprint density at radius 2 is 2.08 bits per heavy atom. The van der Waals surface area contributed by atoms with Crippen molar-refractivity contribution in [3.05, 3.63) is 62.5 Å². The normalized spacial score (nSPS) is 16.9. The summed E-state index contributed by atoms with van der Waals surface area (Å²) in [5.74, 6) is 0.692. The minimum Gasteiger partial charge on any atom is -0.458 e. The quantitative estimate of drug-likeness (QED) is 0.463. The van der Waals surface area contributed by atoms with Crippen molar-refractivity contribution < 1.29 is 14.1 Å². The number of furan rings is 1. The molecule has 134 valence electrons. The Morgan fingerprint density at radius 1 is 1.35 bits per heavy atom. The van der Waals surface area contributed by atoms with Gasteiger partial charge in [-0.15, -0.1) is 0 Å². The monoisotopic (exact) mass is 391 g/mol. The van der Waals surface area contributed by atoms with E-state index in [-0.39, 0.29) is 11.5 Å². The molecule has 1 aliphatic rings. The highest BCUT2D eigenvalue weighted by molar-refractivity contribution is 7.80. The number of hydrogen-bond acceptors (Lipinski definition) is 5. The molecular weight excluding hydrogens is 378 g/mol. The van der Waals surface area contributed by atoms with Crippen LogP contribution in [-0.2, 0) is 4.79 Å². The van der Waals surface area contributed by atoms with Crippen LogP contribution in [0.3, 0.4) is 0 Å². The number of nitrogens with one attached hydrogen (secondary N) is 2. The highest BCUT2D eigenvalue weighted by Crippen LogP contribution is 2.36. The van der Waals surface area contributed by atoms with Crippen molar-refractivity contribution in [1.29, 1.82) is 0 Å². The first-order valence-corrected chi connectivity index (χ1v) is 8.40. The van der Waals surface area contributed by atoms with Gasteiger partial charge >= 0.3 is 0 Å². The molecule has 0 fully saturated rings. The Hall–Kier alpha value is -2.71. The molecule has 3 rings (SSSR count). The molecule has 0 saturated heterocycles. The number of non-ortho nitro benzene ring substituents is 1. The number of carbonyl (C=O) groups excluding carboxylic acids is 1. The maximum atomic E-state index is 12.0. The Kier molecular flexibility index (Phi) is 4.80.